The Hall–Kier alpha value is -4.08. The van der Waals surface area contributed by atoms with Gasteiger partial charge in [0.05, 0.1) is 6.61 Å². The molecule has 3 rings (SSSR count). The molecular formula is C22H17F3N2O5. The highest BCUT2D eigenvalue weighted by molar-refractivity contribution is 6.26. The number of ketones is 1. The highest BCUT2D eigenvalue weighted by Crippen LogP contribution is 2.29. The van der Waals surface area contributed by atoms with Crippen molar-refractivity contribution in [1.29, 1.82) is 0 Å². The third-order valence-electron chi connectivity index (χ3n) is 4.10. The van der Waals surface area contributed by atoms with Gasteiger partial charge >= 0.3 is 18.1 Å². The van der Waals surface area contributed by atoms with Crippen LogP contribution in [0.25, 0.3) is 6.08 Å². The molecule has 0 fully saturated rings. The van der Waals surface area contributed by atoms with Crippen molar-refractivity contribution in [2.75, 3.05) is 17.2 Å². The molecule has 2 aromatic carbocycles. The Morgan fingerprint density at radius 1 is 1.06 bits per heavy atom. The zero-order chi connectivity index (χ0) is 23.3. The summed E-state index contributed by atoms with van der Waals surface area (Å²) in [5.74, 6) is -4.15. The molecule has 0 aromatic heterocycles. The monoisotopic (exact) mass is 446 g/mol. The number of allylic oxidation sites excluding steroid dienone is 1. The van der Waals surface area contributed by atoms with Crippen molar-refractivity contribution in [3.05, 3.63) is 77.4 Å². The molecule has 0 aliphatic carbocycles. The molecule has 32 heavy (non-hydrogen) atoms. The van der Waals surface area contributed by atoms with Gasteiger partial charge in [-0.2, -0.15) is 13.2 Å². The third-order valence-corrected chi connectivity index (χ3v) is 4.10. The lowest BCUT2D eigenvalue weighted by atomic mass is 10.1. The van der Waals surface area contributed by atoms with Crippen LogP contribution in [0.15, 0.2) is 71.8 Å². The maximum Gasteiger partial charge on any atom is 0.471 e. The molecule has 1 heterocycles. The van der Waals surface area contributed by atoms with E-state index in [0.29, 0.717) is 5.69 Å². The van der Waals surface area contributed by atoms with Gasteiger partial charge in [-0.3, -0.25) is 9.59 Å². The molecule has 0 unspecified atom stereocenters. The molecular weight excluding hydrogens is 429 g/mol. The lowest BCUT2D eigenvalue weighted by Crippen LogP contribution is -2.29. The number of para-hydroxylation sites is 1. The van der Waals surface area contributed by atoms with Gasteiger partial charge in [-0.25, -0.2) is 4.79 Å². The minimum absolute atomic E-state index is 0.0359. The molecule has 7 nitrogen and oxygen atoms in total. The van der Waals surface area contributed by atoms with E-state index in [4.69, 9.17) is 9.47 Å². The number of amides is 1. The zero-order valence-corrected chi connectivity index (χ0v) is 16.7. The Morgan fingerprint density at radius 2 is 1.75 bits per heavy atom. The van der Waals surface area contributed by atoms with Crippen LogP contribution in [-0.4, -0.2) is 30.4 Å². The fraction of sp³-hybridized carbons (Fsp3) is 0.136. The maximum atomic E-state index is 12.8. The van der Waals surface area contributed by atoms with Crippen LogP contribution in [0.2, 0.25) is 0 Å². The van der Waals surface area contributed by atoms with Crippen molar-refractivity contribution in [2.24, 2.45) is 0 Å². The van der Waals surface area contributed by atoms with Crippen molar-refractivity contribution < 1.29 is 37.0 Å². The molecule has 1 aliphatic heterocycles. The van der Waals surface area contributed by atoms with E-state index in [1.807, 2.05) is 0 Å². The molecule has 0 atom stereocenters. The van der Waals surface area contributed by atoms with Crippen LogP contribution in [0.3, 0.4) is 0 Å². The number of carbonyl (C=O) groups is 3. The molecule has 0 radical (unpaired) electrons. The first-order valence-electron chi connectivity index (χ1n) is 9.35. The number of carbonyl (C=O) groups excluding carboxylic acids is 3. The number of esters is 1. The normalized spacial score (nSPS) is 14.9. The second-order valence-electron chi connectivity index (χ2n) is 6.43. The third kappa shape index (κ3) is 5.34. The molecule has 1 aliphatic rings. The highest BCUT2D eigenvalue weighted by atomic mass is 19.4. The van der Waals surface area contributed by atoms with Gasteiger partial charge in [0, 0.05) is 11.4 Å². The van der Waals surface area contributed by atoms with Gasteiger partial charge in [0.25, 0.3) is 0 Å². The zero-order valence-electron chi connectivity index (χ0n) is 16.7. The standard InChI is InChI=1S/C22H17F3N2O5/c1-2-31-20(29)17-18(28)16(32-19(17)26-14-8-4-3-5-9-14)12-13-7-6-10-15(11-13)27-21(30)22(23,24)25/h3-12,26H,2H2,1H3,(H,27,30)/b16-12-. The van der Waals surface area contributed by atoms with E-state index in [1.54, 1.807) is 42.6 Å². The van der Waals surface area contributed by atoms with E-state index in [0.717, 1.165) is 0 Å². The average molecular weight is 446 g/mol. The Morgan fingerprint density at radius 3 is 2.41 bits per heavy atom. The number of halogens is 3. The number of anilines is 2. The van der Waals surface area contributed by atoms with Crippen LogP contribution < -0.4 is 10.6 Å². The van der Waals surface area contributed by atoms with Crippen molar-refractivity contribution in [2.45, 2.75) is 13.1 Å². The Kier molecular flexibility index (Phi) is 6.62. The van der Waals surface area contributed by atoms with Crippen molar-refractivity contribution in [3.8, 4) is 0 Å². The molecule has 0 saturated carbocycles. The van der Waals surface area contributed by atoms with Gasteiger partial charge in [-0.05, 0) is 42.8 Å². The summed E-state index contributed by atoms with van der Waals surface area (Å²) in [7, 11) is 0. The first-order valence-corrected chi connectivity index (χ1v) is 9.35. The number of nitrogens with one attached hydrogen (secondary N) is 2. The number of ether oxygens (including phenoxy) is 2. The summed E-state index contributed by atoms with van der Waals surface area (Å²) in [6.45, 7) is 1.62. The Bertz CT molecular complexity index is 1110. The smallest absolute Gasteiger partial charge is 0.462 e. The molecule has 0 bridgehead atoms. The first-order chi connectivity index (χ1) is 15.2. The fourth-order valence-electron chi connectivity index (χ4n) is 2.72. The number of Topliss-reactive ketones (excluding diaryl/α,β-unsaturated/α-hetero) is 1. The van der Waals surface area contributed by atoms with E-state index in [-0.39, 0.29) is 35.1 Å². The SMILES string of the molecule is CCOC(=O)C1=C(Nc2ccccc2)O/C(=C\c2cccc(NC(=O)C(F)(F)F)c2)C1=O. The van der Waals surface area contributed by atoms with Crippen molar-refractivity contribution in [1.82, 2.24) is 0 Å². The molecule has 10 heteroatoms. The summed E-state index contributed by atoms with van der Waals surface area (Å²) < 4.78 is 47.9. The van der Waals surface area contributed by atoms with Crippen molar-refractivity contribution in [3.63, 3.8) is 0 Å². The molecule has 2 N–H and O–H groups in total. The minimum Gasteiger partial charge on any atom is -0.462 e. The summed E-state index contributed by atoms with van der Waals surface area (Å²) >= 11 is 0. The first kappa shape index (κ1) is 22.6. The second kappa shape index (κ2) is 9.38. The van der Waals surface area contributed by atoms with Gasteiger partial charge in [-0.15, -0.1) is 0 Å². The van der Waals surface area contributed by atoms with E-state index in [1.165, 1.54) is 30.3 Å². The second-order valence-corrected chi connectivity index (χ2v) is 6.43. The number of benzene rings is 2. The topological polar surface area (TPSA) is 93.7 Å². The number of rotatable bonds is 6. The van der Waals surface area contributed by atoms with Crippen LogP contribution in [-0.2, 0) is 23.9 Å². The van der Waals surface area contributed by atoms with Crippen LogP contribution in [0.5, 0.6) is 0 Å². The predicted molar refractivity (Wildman–Crippen MR) is 109 cm³/mol. The van der Waals surface area contributed by atoms with Crippen LogP contribution in [0.4, 0.5) is 24.5 Å². The highest BCUT2D eigenvalue weighted by Gasteiger charge is 2.39. The van der Waals surface area contributed by atoms with Gasteiger partial charge in [0.2, 0.25) is 11.7 Å². The molecule has 2 aromatic rings. The van der Waals surface area contributed by atoms with Gasteiger partial charge in [0.1, 0.15) is 0 Å². The number of hydrogen-bond donors (Lipinski definition) is 2. The largest absolute Gasteiger partial charge is 0.471 e. The number of alkyl halides is 3. The van der Waals surface area contributed by atoms with E-state index < -0.39 is 23.8 Å². The number of hydrogen-bond acceptors (Lipinski definition) is 6. The summed E-state index contributed by atoms with van der Waals surface area (Å²) in [6, 6.07) is 14.0. The lowest BCUT2D eigenvalue weighted by molar-refractivity contribution is -0.167. The minimum atomic E-state index is -5.05. The molecule has 0 saturated heterocycles. The van der Waals surface area contributed by atoms with Crippen molar-refractivity contribution >= 4 is 35.1 Å². The van der Waals surface area contributed by atoms with Gasteiger partial charge in [0.15, 0.2) is 11.3 Å². The predicted octanol–water partition coefficient (Wildman–Crippen LogP) is 4.01. The fourth-order valence-corrected chi connectivity index (χ4v) is 2.72. The summed E-state index contributed by atoms with van der Waals surface area (Å²) in [4.78, 5) is 36.3. The van der Waals surface area contributed by atoms with Gasteiger partial charge in [-0.1, -0.05) is 30.3 Å². The maximum absolute atomic E-state index is 12.8. The quantitative estimate of drug-likeness (QED) is 0.396. The van der Waals surface area contributed by atoms with Crippen LogP contribution >= 0.6 is 0 Å². The molecule has 1 amide bonds. The summed E-state index contributed by atoms with van der Waals surface area (Å²) in [5, 5.41) is 4.57. The lowest BCUT2D eigenvalue weighted by Gasteiger charge is -2.09. The van der Waals surface area contributed by atoms with Gasteiger partial charge < -0.3 is 20.1 Å². The van der Waals surface area contributed by atoms with Crippen LogP contribution in [0.1, 0.15) is 12.5 Å². The summed E-state index contributed by atoms with van der Waals surface area (Å²) in [6.07, 6.45) is -3.81. The molecule has 0 spiro atoms. The van der Waals surface area contributed by atoms with E-state index in [2.05, 4.69) is 5.32 Å². The Labute approximate surface area is 180 Å². The molecule has 166 valence electrons. The van der Waals surface area contributed by atoms with Crippen LogP contribution in [0, 0.1) is 0 Å². The van der Waals surface area contributed by atoms with E-state index in [9.17, 15) is 27.6 Å². The summed E-state index contributed by atoms with van der Waals surface area (Å²) in [5.41, 5.74) is 0.338. The Balaban J connectivity index is 1.88. The van der Waals surface area contributed by atoms with E-state index >= 15 is 0 Å². The average Bonchev–Trinajstić information content (AvgIpc) is 3.03.